The molecule has 0 aromatic carbocycles. The number of fused-ring (bicyclic) bond motifs is 7. The maximum absolute atomic E-state index is 12.1. The third-order valence-corrected chi connectivity index (χ3v) is 20.0. The van der Waals surface area contributed by atoms with Crippen molar-refractivity contribution in [2.75, 3.05) is 44.3 Å². The molecule has 8 rings (SSSR count). The van der Waals surface area contributed by atoms with E-state index in [4.69, 9.17) is 10.5 Å². The Morgan fingerprint density at radius 3 is 2.46 bits per heavy atom. The molecule has 1 aliphatic heterocycles. The topological polar surface area (TPSA) is 115 Å². The number of ether oxygens (including phenoxy) is 1. The van der Waals surface area contributed by atoms with Gasteiger partial charge in [-0.3, -0.25) is 4.79 Å². The molecule has 2 heterocycles. The number of nitrogens with two attached hydrogens (primary N) is 1. The molecule has 9 heteroatoms. The quantitative estimate of drug-likeness (QED) is 0.228. The van der Waals surface area contributed by atoms with Crippen LogP contribution in [0.3, 0.4) is 0 Å². The van der Waals surface area contributed by atoms with Gasteiger partial charge in [0.2, 0.25) is 5.88 Å². The third kappa shape index (κ3) is 6.89. The lowest BCUT2D eigenvalue weighted by atomic mass is 9.33. The number of carbonyl (C=O) groups excluding carboxylic acids is 1. The number of allylic oxidation sites excluding steroid dienone is 5. The second-order valence-corrected chi connectivity index (χ2v) is 23.5. The molecular weight excluding hydrogens is 729 g/mol. The fourth-order valence-corrected chi connectivity index (χ4v) is 16.5. The number of hydrogen-bond acceptors (Lipinski definition) is 7. The van der Waals surface area contributed by atoms with E-state index in [0.29, 0.717) is 89.0 Å². The first-order valence-corrected chi connectivity index (χ1v) is 24.4. The molecule has 4 saturated carbocycles. The van der Waals surface area contributed by atoms with Crippen LogP contribution in [-0.4, -0.2) is 74.0 Å². The highest BCUT2D eigenvalue weighted by molar-refractivity contribution is 7.91. The van der Waals surface area contributed by atoms with Gasteiger partial charge in [-0.25, -0.2) is 13.4 Å². The van der Waals surface area contributed by atoms with E-state index in [9.17, 15) is 13.2 Å². The second-order valence-electron chi connectivity index (χ2n) is 21.2. The van der Waals surface area contributed by atoms with Gasteiger partial charge in [0.05, 0.1) is 18.1 Å². The number of nitrogens with zero attached hydrogens (tertiary/aromatic N) is 2. The number of hydrogen-bond donors (Lipinski definition) is 2. The first kappa shape index (κ1) is 41.3. The molecule has 0 spiro atoms. The van der Waals surface area contributed by atoms with E-state index in [-0.39, 0.29) is 16.4 Å². The highest BCUT2D eigenvalue weighted by Crippen LogP contribution is 2.76. The average molecular weight is 801 g/mol. The Balaban J connectivity index is 0.979. The summed E-state index contributed by atoms with van der Waals surface area (Å²) in [6.07, 6.45) is 21.4. The molecule has 1 saturated heterocycles. The van der Waals surface area contributed by atoms with Crippen molar-refractivity contribution in [2.24, 2.45) is 62.9 Å². The van der Waals surface area contributed by atoms with Crippen molar-refractivity contribution in [1.82, 2.24) is 15.2 Å². The van der Waals surface area contributed by atoms with Crippen molar-refractivity contribution < 1.29 is 17.9 Å². The largest absolute Gasteiger partial charge is 0.477 e. The number of carbonyl (C=O) groups is 1. The van der Waals surface area contributed by atoms with Gasteiger partial charge in [-0.2, -0.15) is 0 Å². The molecule has 8 nitrogen and oxygen atoms in total. The van der Waals surface area contributed by atoms with E-state index < -0.39 is 15.7 Å². The molecule has 5 fully saturated rings. The molecule has 10 atom stereocenters. The number of primary amides is 1. The van der Waals surface area contributed by atoms with E-state index in [0.717, 1.165) is 32.4 Å². The molecule has 314 valence electrons. The summed E-state index contributed by atoms with van der Waals surface area (Å²) in [4.78, 5) is 18.5. The van der Waals surface area contributed by atoms with Crippen LogP contribution in [0.2, 0.25) is 0 Å². The first-order valence-electron chi connectivity index (χ1n) is 22.5. The predicted molar refractivity (Wildman–Crippen MR) is 230 cm³/mol. The van der Waals surface area contributed by atoms with Gasteiger partial charge < -0.3 is 20.7 Å². The molecule has 1 amide bonds. The SMILES string of the molecule is C=C(C)[C@@H]1CC[C@]2(NCCN3CCS(=O)(=O)CC3)CC[C@]3(C)[C@H](CC[C@@H]4[C@@]5(C)CC=C(C6=CC[C@H](COc7ncccc7C(N)=O)CC6)C(C)(C)[C@@H]5CC[C@]43C)[C@@H]12. The molecule has 0 radical (unpaired) electrons. The normalized spacial score (nSPS) is 41.0. The third-order valence-electron chi connectivity index (χ3n) is 18.3. The van der Waals surface area contributed by atoms with Crippen LogP contribution in [0.25, 0.3) is 0 Å². The van der Waals surface area contributed by atoms with Crippen LogP contribution < -0.4 is 15.8 Å². The summed E-state index contributed by atoms with van der Waals surface area (Å²) in [6, 6.07) is 3.40. The van der Waals surface area contributed by atoms with Gasteiger partial charge in [-0.15, -0.1) is 0 Å². The van der Waals surface area contributed by atoms with Crippen LogP contribution in [0.15, 0.2) is 53.8 Å². The van der Waals surface area contributed by atoms with Crippen molar-refractivity contribution in [3.05, 3.63) is 59.3 Å². The monoisotopic (exact) mass is 801 g/mol. The summed E-state index contributed by atoms with van der Waals surface area (Å²) in [5.74, 6) is 4.09. The van der Waals surface area contributed by atoms with E-state index >= 15 is 0 Å². The Kier molecular flexibility index (Phi) is 10.8. The summed E-state index contributed by atoms with van der Waals surface area (Å²) in [7, 11) is -2.86. The average Bonchev–Trinajstić information content (AvgIpc) is 3.55. The number of sulfone groups is 1. The number of pyridine rings is 1. The van der Waals surface area contributed by atoms with Crippen LogP contribution in [0.5, 0.6) is 5.88 Å². The lowest BCUT2D eigenvalue weighted by Gasteiger charge is -2.72. The number of rotatable bonds is 10. The van der Waals surface area contributed by atoms with Gasteiger partial charge in [0.15, 0.2) is 9.84 Å². The van der Waals surface area contributed by atoms with Gasteiger partial charge in [0.25, 0.3) is 5.91 Å². The molecule has 1 aromatic rings. The van der Waals surface area contributed by atoms with Crippen LogP contribution in [0.4, 0.5) is 0 Å². The van der Waals surface area contributed by atoms with E-state index in [1.807, 2.05) is 0 Å². The zero-order chi connectivity index (χ0) is 40.6. The van der Waals surface area contributed by atoms with Crippen LogP contribution in [-0.2, 0) is 9.84 Å². The minimum absolute atomic E-state index is 0.117. The van der Waals surface area contributed by atoms with Gasteiger partial charge in [0, 0.05) is 37.9 Å². The van der Waals surface area contributed by atoms with Crippen molar-refractivity contribution in [3.8, 4) is 5.88 Å². The summed E-state index contributed by atoms with van der Waals surface area (Å²) < 4.78 is 30.2. The maximum atomic E-state index is 12.1. The summed E-state index contributed by atoms with van der Waals surface area (Å²) in [5.41, 5.74) is 11.6. The van der Waals surface area contributed by atoms with Crippen LogP contribution in [0, 0.1) is 57.2 Å². The summed E-state index contributed by atoms with van der Waals surface area (Å²) in [6.45, 7) is 24.0. The second kappa shape index (κ2) is 14.9. The Labute approximate surface area is 344 Å². The standard InChI is InChI=1S/C48H72N4O4S/c1-32(2)35-16-21-48(51-25-26-52-27-29-57(54,55)30-28-52)23-22-46(6)38(41(35)48)14-15-40-45(5)19-17-37(44(3,4)39(45)18-20-47(40,46)7)34-12-10-33(11-13-34)31-56-43-36(42(49)53)9-8-24-50-43/h8-9,12,17,24,33,35,38-41,51H,1,10-11,13-16,18-23,25-31H2,2-7H3,(H2,49,53)/t33-,35-,38+,39-,40+,41+,45-,46+,47+,48-/m0/s1. The van der Waals surface area contributed by atoms with Gasteiger partial charge in [-0.1, -0.05) is 58.9 Å². The van der Waals surface area contributed by atoms with E-state index in [2.05, 4.69) is 75.5 Å². The van der Waals surface area contributed by atoms with Crippen LogP contribution in [0.1, 0.15) is 129 Å². The highest BCUT2D eigenvalue weighted by atomic mass is 32.2. The Morgan fingerprint density at radius 1 is 0.982 bits per heavy atom. The highest BCUT2D eigenvalue weighted by Gasteiger charge is 2.70. The van der Waals surface area contributed by atoms with Gasteiger partial charge in [-0.05, 0) is 164 Å². The first-order chi connectivity index (χ1) is 26.9. The smallest absolute Gasteiger partial charge is 0.254 e. The Hall–Kier alpha value is -2.49. The molecule has 6 aliphatic carbocycles. The molecule has 3 N–H and O–H groups in total. The predicted octanol–water partition coefficient (Wildman–Crippen LogP) is 8.55. The number of nitrogens with one attached hydrogen (secondary N) is 1. The van der Waals surface area contributed by atoms with Gasteiger partial charge in [0.1, 0.15) is 5.56 Å². The van der Waals surface area contributed by atoms with E-state index in [1.165, 1.54) is 63.4 Å². The van der Waals surface area contributed by atoms with Gasteiger partial charge >= 0.3 is 0 Å². The number of amides is 1. The molecule has 7 aliphatic rings. The molecule has 57 heavy (non-hydrogen) atoms. The number of aromatic nitrogens is 1. The molecular formula is C48H72N4O4S. The lowest BCUT2D eigenvalue weighted by molar-refractivity contribution is -0.221. The zero-order valence-electron chi connectivity index (χ0n) is 36.0. The zero-order valence-corrected chi connectivity index (χ0v) is 36.8. The van der Waals surface area contributed by atoms with Crippen molar-refractivity contribution in [2.45, 2.75) is 124 Å². The Bertz CT molecular complexity index is 1910. The fraction of sp³-hybridized carbons (Fsp3) is 0.750. The van der Waals surface area contributed by atoms with Crippen molar-refractivity contribution >= 4 is 15.7 Å². The summed E-state index contributed by atoms with van der Waals surface area (Å²) >= 11 is 0. The molecule has 1 aromatic heterocycles. The van der Waals surface area contributed by atoms with Crippen molar-refractivity contribution in [3.63, 3.8) is 0 Å². The minimum atomic E-state index is -2.86. The fourth-order valence-electron chi connectivity index (χ4n) is 15.2. The van der Waals surface area contributed by atoms with Crippen molar-refractivity contribution in [1.29, 1.82) is 0 Å². The van der Waals surface area contributed by atoms with E-state index in [1.54, 1.807) is 29.5 Å². The lowest BCUT2D eigenvalue weighted by Crippen LogP contribution is -2.68. The molecule has 0 unspecified atom stereocenters. The van der Waals surface area contributed by atoms with Crippen LogP contribution >= 0.6 is 0 Å². The summed E-state index contributed by atoms with van der Waals surface area (Å²) in [5, 5.41) is 4.24. The molecule has 0 bridgehead atoms. The minimum Gasteiger partial charge on any atom is -0.477 e. The maximum Gasteiger partial charge on any atom is 0.254 e. The Morgan fingerprint density at radius 2 is 1.75 bits per heavy atom.